The average Bonchev–Trinajstić information content (AvgIpc) is 3.31. The Bertz CT molecular complexity index is 1070. The predicted octanol–water partition coefficient (Wildman–Crippen LogP) is 2.94. The lowest BCUT2D eigenvalue weighted by atomic mass is 10.1. The van der Waals surface area contributed by atoms with E-state index in [0.717, 1.165) is 11.1 Å². The van der Waals surface area contributed by atoms with Gasteiger partial charge in [0, 0.05) is 10.9 Å². The fraction of sp³-hybridized carbons (Fsp3) is 0.111. The molecule has 8 nitrogen and oxygen atoms in total. The third kappa shape index (κ3) is 2.77. The van der Waals surface area contributed by atoms with E-state index in [0.29, 0.717) is 22.6 Å². The first-order valence-corrected chi connectivity index (χ1v) is 7.78. The highest BCUT2D eigenvalue weighted by molar-refractivity contribution is 5.97. The van der Waals surface area contributed by atoms with E-state index in [1.165, 1.54) is 11.0 Å². The van der Waals surface area contributed by atoms with Gasteiger partial charge in [0.15, 0.2) is 0 Å². The third-order valence-corrected chi connectivity index (χ3v) is 3.99. The van der Waals surface area contributed by atoms with E-state index in [2.05, 4.69) is 15.5 Å². The van der Waals surface area contributed by atoms with Crippen LogP contribution in [0.25, 0.3) is 16.7 Å². The molecule has 0 aliphatic rings. The van der Waals surface area contributed by atoms with Crippen molar-refractivity contribution in [2.75, 3.05) is 7.11 Å². The van der Waals surface area contributed by atoms with Crippen LogP contribution in [0.3, 0.4) is 0 Å². The number of nitrogens with zero attached hydrogens (tertiary/aromatic N) is 4. The number of aromatic nitrogens is 4. The van der Waals surface area contributed by atoms with Crippen LogP contribution in [0.1, 0.15) is 16.1 Å². The van der Waals surface area contributed by atoms with Gasteiger partial charge >= 0.3 is 5.97 Å². The summed E-state index contributed by atoms with van der Waals surface area (Å²) in [5, 5.41) is 11.8. The van der Waals surface area contributed by atoms with Gasteiger partial charge < -0.3 is 13.9 Å². The van der Waals surface area contributed by atoms with Gasteiger partial charge in [-0.2, -0.15) is 0 Å². The number of carbonyl (C=O) groups excluding carboxylic acids is 1. The zero-order chi connectivity index (χ0) is 18.1. The summed E-state index contributed by atoms with van der Waals surface area (Å²) in [6, 6.07) is 12.2. The van der Waals surface area contributed by atoms with Crippen LogP contribution in [-0.2, 0) is 0 Å². The third-order valence-electron chi connectivity index (χ3n) is 3.99. The number of benzene rings is 2. The highest BCUT2D eigenvalue weighted by atomic mass is 16.5. The van der Waals surface area contributed by atoms with Gasteiger partial charge in [0.1, 0.15) is 23.4 Å². The van der Waals surface area contributed by atoms with Crippen molar-refractivity contribution in [1.82, 2.24) is 20.2 Å². The minimum absolute atomic E-state index is 0.165. The molecule has 0 spiro atoms. The summed E-state index contributed by atoms with van der Waals surface area (Å²) in [7, 11) is 1.59. The van der Waals surface area contributed by atoms with Crippen LogP contribution in [0.2, 0.25) is 0 Å². The first-order chi connectivity index (χ1) is 12.7. The van der Waals surface area contributed by atoms with Crippen LogP contribution >= 0.6 is 0 Å². The van der Waals surface area contributed by atoms with Gasteiger partial charge in [0.2, 0.25) is 5.76 Å². The molecular formula is C18H14N4O4. The summed E-state index contributed by atoms with van der Waals surface area (Å²) >= 11 is 0. The maximum absolute atomic E-state index is 12.5. The van der Waals surface area contributed by atoms with Crippen molar-refractivity contribution >= 4 is 16.9 Å². The Morgan fingerprint density at radius 2 is 1.88 bits per heavy atom. The van der Waals surface area contributed by atoms with E-state index in [-0.39, 0.29) is 5.76 Å². The zero-order valence-electron chi connectivity index (χ0n) is 14.0. The number of carbonyl (C=O) groups is 1. The van der Waals surface area contributed by atoms with Crippen LogP contribution in [0.15, 0.2) is 53.2 Å². The monoisotopic (exact) mass is 350 g/mol. The van der Waals surface area contributed by atoms with Gasteiger partial charge in [-0.3, -0.25) is 0 Å². The molecule has 0 fully saturated rings. The summed E-state index contributed by atoms with van der Waals surface area (Å²) in [4.78, 5) is 12.5. The van der Waals surface area contributed by atoms with Crippen LogP contribution in [0, 0.1) is 6.92 Å². The number of furan rings is 1. The SMILES string of the molecule is COc1ccc2oc(C(=O)Oc3ccc(-n4cnnn4)cc3)c(C)c2c1. The molecule has 0 saturated carbocycles. The van der Waals surface area contributed by atoms with E-state index >= 15 is 0 Å². The van der Waals surface area contributed by atoms with E-state index in [1.54, 1.807) is 43.5 Å². The van der Waals surface area contributed by atoms with Crippen molar-refractivity contribution in [3.05, 3.63) is 60.1 Å². The van der Waals surface area contributed by atoms with E-state index < -0.39 is 5.97 Å². The molecule has 0 bridgehead atoms. The van der Waals surface area contributed by atoms with Crippen LogP contribution in [0.4, 0.5) is 0 Å². The topological polar surface area (TPSA) is 92.3 Å². The van der Waals surface area contributed by atoms with Crippen LogP contribution in [0.5, 0.6) is 11.5 Å². The Balaban J connectivity index is 1.58. The second-order valence-corrected chi connectivity index (χ2v) is 5.56. The van der Waals surface area contributed by atoms with E-state index in [9.17, 15) is 4.79 Å². The molecular weight excluding hydrogens is 336 g/mol. The fourth-order valence-electron chi connectivity index (χ4n) is 2.62. The van der Waals surface area contributed by atoms with Gasteiger partial charge in [-0.1, -0.05) is 0 Å². The Labute approximate surface area is 147 Å². The lowest BCUT2D eigenvalue weighted by Crippen LogP contribution is -2.08. The first kappa shape index (κ1) is 15.8. The van der Waals surface area contributed by atoms with E-state index in [4.69, 9.17) is 13.9 Å². The van der Waals surface area contributed by atoms with Crippen molar-refractivity contribution in [3.8, 4) is 17.2 Å². The number of esters is 1. The molecule has 0 radical (unpaired) electrons. The van der Waals surface area contributed by atoms with Gasteiger partial charge in [-0.05, 0) is 59.8 Å². The largest absolute Gasteiger partial charge is 0.497 e. The van der Waals surface area contributed by atoms with Crippen molar-refractivity contribution in [3.63, 3.8) is 0 Å². The Kier molecular flexibility index (Phi) is 3.85. The number of rotatable bonds is 4. The molecule has 2 aromatic carbocycles. The van der Waals surface area contributed by atoms with Crippen LogP contribution < -0.4 is 9.47 Å². The highest BCUT2D eigenvalue weighted by Gasteiger charge is 2.20. The summed E-state index contributed by atoms with van der Waals surface area (Å²) in [5.74, 6) is 0.689. The summed E-state index contributed by atoms with van der Waals surface area (Å²) in [5.41, 5.74) is 2.06. The van der Waals surface area contributed by atoms with Crippen molar-refractivity contribution in [2.45, 2.75) is 6.92 Å². The molecule has 8 heteroatoms. The standard InChI is InChI=1S/C18H14N4O4/c1-11-15-9-14(24-2)7-8-16(15)26-17(11)18(23)25-13-5-3-12(4-6-13)22-10-19-20-21-22/h3-10H,1-2H3. The Morgan fingerprint density at radius 1 is 1.12 bits per heavy atom. The second kappa shape index (κ2) is 6.32. The predicted molar refractivity (Wildman–Crippen MR) is 91.6 cm³/mol. The molecule has 26 heavy (non-hydrogen) atoms. The zero-order valence-corrected chi connectivity index (χ0v) is 14.0. The molecule has 2 heterocycles. The molecule has 0 N–H and O–H groups in total. The summed E-state index contributed by atoms with van der Waals surface area (Å²) < 4.78 is 17.8. The molecule has 4 rings (SSSR count). The maximum Gasteiger partial charge on any atom is 0.379 e. The molecule has 0 saturated heterocycles. The summed E-state index contributed by atoms with van der Waals surface area (Å²) in [6.45, 7) is 1.81. The lowest BCUT2D eigenvalue weighted by Gasteiger charge is -2.04. The highest BCUT2D eigenvalue weighted by Crippen LogP contribution is 2.29. The second-order valence-electron chi connectivity index (χ2n) is 5.56. The average molecular weight is 350 g/mol. The number of hydrogen-bond donors (Lipinski definition) is 0. The lowest BCUT2D eigenvalue weighted by molar-refractivity contribution is 0.0703. The number of aryl methyl sites for hydroxylation is 1. The number of fused-ring (bicyclic) bond motifs is 1. The maximum atomic E-state index is 12.5. The van der Waals surface area contributed by atoms with Crippen molar-refractivity contribution in [1.29, 1.82) is 0 Å². The summed E-state index contributed by atoms with van der Waals surface area (Å²) in [6.07, 6.45) is 1.48. The molecule has 0 aliphatic heterocycles. The molecule has 0 unspecified atom stereocenters. The van der Waals surface area contributed by atoms with Gasteiger partial charge in [0.25, 0.3) is 0 Å². The normalized spacial score (nSPS) is 10.8. The van der Waals surface area contributed by atoms with Gasteiger partial charge in [-0.15, -0.1) is 5.10 Å². The van der Waals surface area contributed by atoms with Gasteiger partial charge in [0.05, 0.1) is 12.8 Å². The smallest absolute Gasteiger partial charge is 0.379 e. The Morgan fingerprint density at radius 3 is 2.58 bits per heavy atom. The first-order valence-electron chi connectivity index (χ1n) is 7.78. The van der Waals surface area contributed by atoms with Crippen molar-refractivity contribution in [2.24, 2.45) is 0 Å². The number of ether oxygens (including phenoxy) is 2. The quantitative estimate of drug-likeness (QED) is 0.413. The van der Waals surface area contributed by atoms with Crippen LogP contribution in [-0.4, -0.2) is 33.3 Å². The number of tetrazole rings is 1. The molecule has 130 valence electrons. The molecule has 0 atom stereocenters. The molecule has 0 aliphatic carbocycles. The van der Waals surface area contributed by atoms with Crippen molar-refractivity contribution < 1.29 is 18.7 Å². The minimum atomic E-state index is -0.562. The number of methoxy groups -OCH3 is 1. The number of hydrogen-bond acceptors (Lipinski definition) is 7. The fourth-order valence-corrected chi connectivity index (χ4v) is 2.62. The molecule has 4 aromatic rings. The molecule has 0 amide bonds. The van der Waals surface area contributed by atoms with E-state index in [1.807, 2.05) is 13.0 Å². The minimum Gasteiger partial charge on any atom is -0.497 e. The van der Waals surface area contributed by atoms with Gasteiger partial charge in [-0.25, -0.2) is 9.48 Å². The Hall–Kier alpha value is -3.68. The molecule has 2 aromatic heterocycles.